The zero-order chi connectivity index (χ0) is 13.9. The third-order valence-electron chi connectivity index (χ3n) is 4.75. The molecule has 0 spiro atoms. The van der Waals surface area contributed by atoms with Crippen molar-refractivity contribution in [3.63, 3.8) is 0 Å². The molecule has 0 amide bonds. The minimum absolute atomic E-state index is 0.0360. The zero-order valence-electron chi connectivity index (χ0n) is 12.3. The summed E-state index contributed by atoms with van der Waals surface area (Å²) in [5.41, 5.74) is 0.904. The molecule has 2 nitrogen and oxygen atoms in total. The Balaban J connectivity index is 1.95. The van der Waals surface area contributed by atoms with E-state index >= 15 is 0 Å². The van der Waals surface area contributed by atoms with Crippen LogP contribution in [0.4, 0.5) is 4.39 Å². The third kappa shape index (κ3) is 2.89. The maximum absolute atomic E-state index is 14.3. The molecule has 3 heteroatoms. The smallest absolute Gasteiger partial charge is 0.127 e. The van der Waals surface area contributed by atoms with Gasteiger partial charge in [0.2, 0.25) is 0 Å². The number of halogens is 1. The zero-order valence-corrected chi connectivity index (χ0v) is 12.3. The van der Waals surface area contributed by atoms with E-state index < -0.39 is 0 Å². The fraction of sp³-hybridized carbons (Fsp3) is 0.647. The molecule has 1 aliphatic heterocycles. The molecule has 2 unspecified atom stereocenters. The first-order valence-corrected chi connectivity index (χ1v) is 7.96. The lowest BCUT2D eigenvalue weighted by Gasteiger charge is -2.36. The second kappa shape index (κ2) is 6.23. The highest BCUT2D eigenvalue weighted by molar-refractivity contribution is 5.23. The molecular weight excluding hydrogens is 251 g/mol. The third-order valence-corrected chi connectivity index (χ3v) is 4.75. The topological polar surface area (TPSA) is 15.3 Å². The number of hydrogen-bond acceptors (Lipinski definition) is 2. The van der Waals surface area contributed by atoms with E-state index in [1.165, 1.54) is 32.1 Å². The van der Waals surface area contributed by atoms with Gasteiger partial charge >= 0.3 is 0 Å². The van der Waals surface area contributed by atoms with E-state index in [0.29, 0.717) is 12.0 Å². The van der Waals surface area contributed by atoms with Crippen molar-refractivity contribution in [2.24, 2.45) is 5.92 Å². The van der Waals surface area contributed by atoms with Crippen molar-refractivity contribution in [3.8, 4) is 0 Å². The van der Waals surface area contributed by atoms with Crippen molar-refractivity contribution in [2.75, 3.05) is 20.1 Å². The van der Waals surface area contributed by atoms with Crippen LogP contribution in [-0.2, 0) is 0 Å². The minimum atomic E-state index is -0.0360. The number of rotatable bonds is 4. The van der Waals surface area contributed by atoms with Crippen LogP contribution in [0.25, 0.3) is 0 Å². The van der Waals surface area contributed by atoms with Gasteiger partial charge in [0.15, 0.2) is 0 Å². The molecule has 2 fully saturated rings. The summed E-state index contributed by atoms with van der Waals surface area (Å²) in [6.07, 6.45) is 6.29. The van der Waals surface area contributed by atoms with Gasteiger partial charge in [0.1, 0.15) is 5.82 Å². The Morgan fingerprint density at radius 2 is 2.00 bits per heavy atom. The van der Waals surface area contributed by atoms with Crippen LogP contribution in [0.1, 0.15) is 43.7 Å². The molecule has 110 valence electrons. The Hall–Kier alpha value is -0.930. The Labute approximate surface area is 121 Å². The first-order valence-electron chi connectivity index (χ1n) is 7.96. The van der Waals surface area contributed by atoms with Gasteiger partial charge in [0.25, 0.3) is 0 Å². The van der Waals surface area contributed by atoms with Crippen molar-refractivity contribution < 1.29 is 4.39 Å². The van der Waals surface area contributed by atoms with Crippen LogP contribution in [0, 0.1) is 11.7 Å². The molecule has 1 N–H and O–H groups in total. The van der Waals surface area contributed by atoms with Crippen molar-refractivity contribution >= 4 is 0 Å². The average molecular weight is 276 g/mol. The average Bonchev–Trinajstić information content (AvgIpc) is 3.26. The molecule has 2 atom stereocenters. The Bertz CT molecular complexity index is 444. The largest absolute Gasteiger partial charge is 0.319 e. The highest BCUT2D eigenvalue weighted by Gasteiger charge is 2.39. The fourth-order valence-electron chi connectivity index (χ4n) is 3.71. The molecule has 2 aliphatic rings. The summed E-state index contributed by atoms with van der Waals surface area (Å²) in [7, 11) is 2.00. The van der Waals surface area contributed by atoms with Crippen molar-refractivity contribution in [1.29, 1.82) is 0 Å². The lowest BCUT2D eigenvalue weighted by Crippen LogP contribution is -2.38. The van der Waals surface area contributed by atoms with E-state index in [1.54, 1.807) is 12.1 Å². The highest BCUT2D eigenvalue weighted by atomic mass is 19.1. The molecule has 1 saturated carbocycles. The lowest BCUT2D eigenvalue weighted by molar-refractivity contribution is 0.142. The summed E-state index contributed by atoms with van der Waals surface area (Å²) in [5, 5.41) is 3.32. The molecule has 0 radical (unpaired) electrons. The van der Waals surface area contributed by atoms with Gasteiger partial charge in [-0.25, -0.2) is 4.39 Å². The number of hydrogen-bond donors (Lipinski definition) is 1. The SMILES string of the molecule is CNCC1CCCCN(C2CC2)C1c1ccccc1F. The molecule has 1 aromatic rings. The van der Waals surface area contributed by atoms with Gasteiger partial charge in [-0.05, 0) is 57.8 Å². The standard InChI is InChI=1S/C17H25FN2/c1-19-12-13-6-4-5-11-20(14-9-10-14)17(13)15-7-2-3-8-16(15)18/h2-3,7-8,13-14,17,19H,4-6,9-12H2,1H3. The van der Waals surface area contributed by atoms with E-state index in [0.717, 1.165) is 18.7 Å². The van der Waals surface area contributed by atoms with Gasteiger partial charge in [0, 0.05) is 17.6 Å². The number of likely N-dealkylation sites (tertiary alicyclic amines) is 1. The number of nitrogens with zero attached hydrogens (tertiary/aromatic N) is 1. The summed E-state index contributed by atoms with van der Waals surface area (Å²) in [6, 6.07) is 8.32. The van der Waals surface area contributed by atoms with Crippen molar-refractivity contribution in [3.05, 3.63) is 35.6 Å². The van der Waals surface area contributed by atoms with Gasteiger partial charge in [-0.3, -0.25) is 4.90 Å². The van der Waals surface area contributed by atoms with Crippen LogP contribution in [0.2, 0.25) is 0 Å². The summed E-state index contributed by atoms with van der Waals surface area (Å²) < 4.78 is 14.3. The van der Waals surface area contributed by atoms with Gasteiger partial charge in [-0.15, -0.1) is 0 Å². The summed E-state index contributed by atoms with van der Waals surface area (Å²) in [4.78, 5) is 2.59. The van der Waals surface area contributed by atoms with Gasteiger partial charge < -0.3 is 5.32 Å². The van der Waals surface area contributed by atoms with E-state index in [-0.39, 0.29) is 11.9 Å². The maximum atomic E-state index is 14.3. The normalized spacial score (nSPS) is 28.3. The molecule has 20 heavy (non-hydrogen) atoms. The summed E-state index contributed by atoms with van der Waals surface area (Å²) >= 11 is 0. The van der Waals surface area contributed by atoms with Crippen molar-refractivity contribution in [1.82, 2.24) is 10.2 Å². The second-order valence-corrected chi connectivity index (χ2v) is 6.25. The Kier molecular flexibility index (Phi) is 4.37. The van der Waals surface area contributed by atoms with Crippen molar-refractivity contribution in [2.45, 2.75) is 44.2 Å². The molecule has 1 aliphatic carbocycles. The fourth-order valence-corrected chi connectivity index (χ4v) is 3.71. The monoisotopic (exact) mass is 276 g/mol. The predicted molar refractivity (Wildman–Crippen MR) is 80.1 cm³/mol. The highest BCUT2D eigenvalue weighted by Crippen LogP contribution is 2.42. The van der Waals surface area contributed by atoms with Gasteiger partial charge in [-0.2, -0.15) is 0 Å². The first-order chi connectivity index (χ1) is 9.81. The Morgan fingerprint density at radius 3 is 2.70 bits per heavy atom. The van der Waals surface area contributed by atoms with E-state index in [2.05, 4.69) is 10.2 Å². The molecule has 1 saturated heterocycles. The molecule has 1 heterocycles. The quantitative estimate of drug-likeness (QED) is 0.907. The summed E-state index contributed by atoms with van der Waals surface area (Å²) in [6.45, 7) is 2.10. The van der Waals surface area contributed by atoms with Crippen LogP contribution in [-0.4, -0.2) is 31.1 Å². The van der Waals surface area contributed by atoms with Crippen LogP contribution in [0.5, 0.6) is 0 Å². The van der Waals surface area contributed by atoms with E-state index in [9.17, 15) is 4.39 Å². The first kappa shape index (κ1) is 14.0. The van der Waals surface area contributed by atoms with Crippen LogP contribution in [0.3, 0.4) is 0 Å². The second-order valence-electron chi connectivity index (χ2n) is 6.25. The van der Waals surface area contributed by atoms with Gasteiger partial charge in [-0.1, -0.05) is 24.6 Å². The molecular formula is C17H25FN2. The van der Waals surface area contributed by atoms with Crippen LogP contribution < -0.4 is 5.32 Å². The van der Waals surface area contributed by atoms with E-state index in [1.807, 2.05) is 19.2 Å². The molecule has 0 bridgehead atoms. The number of benzene rings is 1. The lowest BCUT2D eigenvalue weighted by atomic mass is 9.88. The summed E-state index contributed by atoms with van der Waals surface area (Å²) in [5.74, 6) is 0.478. The van der Waals surface area contributed by atoms with E-state index in [4.69, 9.17) is 0 Å². The Morgan fingerprint density at radius 1 is 1.20 bits per heavy atom. The van der Waals surface area contributed by atoms with Crippen LogP contribution in [0.15, 0.2) is 24.3 Å². The van der Waals surface area contributed by atoms with Crippen LogP contribution >= 0.6 is 0 Å². The maximum Gasteiger partial charge on any atom is 0.127 e. The minimum Gasteiger partial charge on any atom is -0.319 e. The molecule has 3 rings (SSSR count). The molecule has 1 aromatic carbocycles. The van der Waals surface area contributed by atoms with Gasteiger partial charge in [0.05, 0.1) is 0 Å². The number of nitrogens with one attached hydrogen (secondary N) is 1. The predicted octanol–water partition coefficient (Wildman–Crippen LogP) is 3.35. The molecule has 0 aromatic heterocycles.